The first-order valence-corrected chi connectivity index (χ1v) is 12.6. The smallest absolute Gasteiger partial charge is 0.255 e. The molecular weight excluding hydrogens is 426 g/mol. The lowest BCUT2D eigenvalue weighted by Gasteiger charge is -2.39. The van der Waals surface area contributed by atoms with E-state index in [1.54, 1.807) is 4.90 Å². The number of piperidine rings is 1. The van der Waals surface area contributed by atoms with Crippen molar-refractivity contribution in [2.45, 2.75) is 71.1 Å². The van der Waals surface area contributed by atoms with Crippen molar-refractivity contribution in [2.24, 2.45) is 0 Å². The van der Waals surface area contributed by atoms with Crippen molar-refractivity contribution in [3.8, 4) is 5.75 Å². The minimum atomic E-state index is -0.633. The average molecular weight is 464 g/mol. The summed E-state index contributed by atoms with van der Waals surface area (Å²) in [7, 11) is 0. The lowest BCUT2D eigenvalue weighted by atomic mass is 9.97. The molecule has 0 aliphatic carbocycles. The number of nitrogens with zero attached hydrogens (tertiary/aromatic N) is 2. The second-order valence-electron chi connectivity index (χ2n) is 9.47. The van der Waals surface area contributed by atoms with Crippen molar-refractivity contribution in [3.05, 3.63) is 65.2 Å². The molecular formula is C28H37N3O3. The third-order valence-electron chi connectivity index (χ3n) is 7.19. The second kappa shape index (κ2) is 11.0. The summed E-state index contributed by atoms with van der Waals surface area (Å²) < 4.78 is 5.77. The van der Waals surface area contributed by atoms with E-state index in [0.29, 0.717) is 37.3 Å². The quantitative estimate of drug-likeness (QED) is 0.554. The first-order chi connectivity index (χ1) is 16.5. The van der Waals surface area contributed by atoms with Crippen molar-refractivity contribution < 1.29 is 14.3 Å². The summed E-state index contributed by atoms with van der Waals surface area (Å²) in [4.78, 5) is 30.9. The maximum atomic E-state index is 13.4. The molecule has 1 fully saturated rings. The molecule has 2 aromatic carbocycles. The number of hydrogen-bond donors (Lipinski definition) is 1. The predicted octanol–water partition coefficient (Wildman–Crippen LogP) is 4.55. The zero-order valence-corrected chi connectivity index (χ0v) is 20.6. The number of fused-ring (bicyclic) bond motifs is 1. The third kappa shape index (κ3) is 5.12. The fourth-order valence-electron chi connectivity index (χ4n) is 5.42. The molecule has 6 heteroatoms. The number of hydrogen-bond acceptors (Lipinski definition) is 4. The SMILES string of the molecule is CCOc1ccccc1CN1C(=O)c2ccccc2[C@@H]1C(=O)NCCCN1[C@@H](C)CCC[C@@H]1C. The van der Waals surface area contributed by atoms with Crippen molar-refractivity contribution in [2.75, 3.05) is 19.7 Å². The molecule has 1 saturated heterocycles. The highest BCUT2D eigenvalue weighted by molar-refractivity contribution is 6.04. The Bertz CT molecular complexity index is 998. The second-order valence-corrected chi connectivity index (χ2v) is 9.47. The third-order valence-corrected chi connectivity index (χ3v) is 7.19. The standard InChI is InChI=1S/C28H37N3O3/c1-4-34-25-16-8-5-13-22(25)19-31-26(23-14-6-7-15-24(23)28(31)33)27(32)29-17-10-18-30-20(2)11-9-12-21(30)3/h5-8,13-16,20-21,26H,4,9-12,17-19H2,1-3H3,(H,29,32)/t20-,21-,26+/m0/s1. The average Bonchev–Trinajstić information content (AvgIpc) is 3.11. The van der Waals surface area contributed by atoms with E-state index in [0.717, 1.165) is 29.8 Å². The van der Waals surface area contributed by atoms with E-state index >= 15 is 0 Å². The highest BCUT2D eigenvalue weighted by Crippen LogP contribution is 2.36. The van der Waals surface area contributed by atoms with Crippen LogP contribution in [0.2, 0.25) is 0 Å². The molecule has 182 valence electrons. The van der Waals surface area contributed by atoms with E-state index < -0.39 is 6.04 Å². The van der Waals surface area contributed by atoms with Crippen molar-refractivity contribution >= 4 is 11.8 Å². The van der Waals surface area contributed by atoms with E-state index in [1.807, 2.05) is 55.5 Å². The van der Waals surface area contributed by atoms with Crippen LogP contribution in [0.3, 0.4) is 0 Å². The van der Waals surface area contributed by atoms with Gasteiger partial charge in [-0.15, -0.1) is 0 Å². The molecule has 0 aromatic heterocycles. The number of rotatable bonds is 9. The molecule has 0 saturated carbocycles. The Labute approximate surface area is 203 Å². The molecule has 0 unspecified atom stereocenters. The first kappa shape index (κ1) is 24.3. The van der Waals surface area contributed by atoms with Gasteiger partial charge in [-0.2, -0.15) is 0 Å². The zero-order chi connectivity index (χ0) is 24.1. The number of carbonyl (C=O) groups is 2. The van der Waals surface area contributed by atoms with Crippen molar-refractivity contribution in [1.82, 2.24) is 15.1 Å². The molecule has 2 amide bonds. The van der Waals surface area contributed by atoms with Crippen LogP contribution in [0.25, 0.3) is 0 Å². The maximum absolute atomic E-state index is 13.4. The summed E-state index contributed by atoms with van der Waals surface area (Å²) in [5, 5.41) is 3.12. The Morgan fingerprint density at radius 1 is 1.06 bits per heavy atom. The number of amides is 2. The van der Waals surface area contributed by atoms with Crippen molar-refractivity contribution in [3.63, 3.8) is 0 Å². The van der Waals surface area contributed by atoms with Gasteiger partial charge in [0.2, 0.25) is 5.91 Å². The van der Waals surface area contributed by atoms with Gasteiger partial charge in [-0.1, -0.05) is 42.8 Å². The topological polar surface area (TPSA) is 61.9 Å². The summed E-state index contributed by atoms with van der Waals surface area (Å²) in [5.41, 5.74) is 2.28. The van der Waals surface area contributed by atoms with Gasteiger partial charge >= 0.3 is 0 Å². The molecule has 3 atom stereocenters. The van der Waals surface area contributed by atoms with Gasteiger partial charge in [0.05, 0.1) is 13.2 Å². The van der Waals surface area contributed by atoms with Crippen LogP contribution in [0, 0.1) is 0 Å². The lowest BCUT2D eigenvalue weighted by molar-refractivity contribution is -0.125. The Balaban J connectivity index is 1.45. The van der Waals surface area contributed by atoms with Gasteiger partial charge in [0.15, 0.2) is 0 Å². The molecule has 2 aliphatic heterocycles. The summed E-state index contributed by atoms with van der Waals surface area (Å²) in [6.07, 6.45) is 4.69. The molecule has 2 heterocycles. The Kier molecular flexibility index (Phi) is 7.88. The van der Waals surface area contributed by atoms with Gasteiger partial charge in [0.25, 0.3) is 5.91 Å². The van der Waals surface area contributed by atoms with Gasteiger partial charge in [-0.25, -0.2) is 0 Å². The van der Waals surface area contributed by atoms with Crippen LogP contribution in [0.1, 0.15) is 74.0 Å². The largest absolute Gasteiger partial charge is 0.494 e. The monoisotopic (exact) mass is 463 g/mol. The van der Waals surface area contributed by atoms with Gasteiger partial charge < -0.3 is 15.0 Å². The molecule has 2 aromatic rings. The number of likely N-dealkylation sites (tertiary alicyclic amines) is 1. The summed E-state index contributed by atoms with van der Waals surface area (Å²) >= 11 is 0. The van der Waals surface area contributed by atoms with Gasteiger partial charge in [-0.05, 0) is 57.7 Å². The normalized spacial score (nSPS) is 22.5. The Morgan fingerprint density at radius 3 is 2.53 bits per heavy atom. The van der Waals surface area contributed by atoms with Crippen LogP contribution in [0.4, 0.5) is 0 Å². The predicted molar refractivity (Wildman–Crippen MR) is 134 cm³/mol. The number of nitrogens with one attached hydrogen (secondary N) is 1. The van der Waals surface area contributed by atoms with E-state index in [4.69, 9.17) is 4.74 Å². The molecule has 0 radical (unpaired) electrons. The van der Waals surface area contributed by atoms with E-state index in [-0.39, 0.29) is 11.8 Å². The van der Waals surface area contributed by atoms with Gasteiger partial charge in [0, 0.05) is 36.3 Å². The van der Waals surface area contributed by atoms with Crippen LogP contribution < -0.4 is 10.1 Å². The highest BCUT2D eigenvalue weighted by Gasteiger charge is 2.41. The summed E-state index contributed by atoms with van der Waals surface area (Å²) in [6, 6.07) is 15.7. The summed E-state index contributed by atoms with van der Waals surface area (Å²) in [5.74, 6) is 0.516. The highest BCUT2D eigenvalue weighted by atomic mass is 16.5. The Hall–Kier alpha value is -2.86. The van der Waals surface area contributed by atoms with E-state index in [1.165, 1.54) is 19.3 Å². The molecule has 0 bridgehead atoms. The van der Waals surface area contributed by atoms with Crippen LogP contribution in [-0.4, -0.2) is 53.4 Å². The van der Waals surface area contributed by atoms with E-state index in [9.17, 15) is 9.59 Å². The van der Waals surface area contributed by atoms with Crippen LogP contribution >= 0.6 is 0 Å². The van der Waals surface area contributed by atoms with Gasteiger partial charge in [-0.3, -0.25) is 14.5 Å². The summed E-state index contributed by atoms with van der Waals surface area (Å²) in [6.45, 7) is 8.99. The van der Waals surface area contributed by atoms with Gasteiger partial charge in [0.1, 0.15) is 11.8 Å². The molecule has 4 rings (SSSR count). The zero-order valence-electron chi connectivity index (χ0n) is 20.6. The molecule has 0 spiro atoms. The Morgan fingerprint density at radius 2 is 1.76 bits per heavy atom. The fraction of sp³-hybridized carbons (Fsp3) is 0.500. The van der Waals surface area contributed by atoms with Crippen molar-refractivity contribution in [1.29, 1.82) is 0 Å². The maximum Gasteiger partial charge on any atom is 0.255 e. The van der Waals surface area contributed by atoms with E-state index in [2.05, 4.69) is 24.1 Å². The van der Waals surface area contributed by atoms with Crippen LogP contribution in [-0.2, 0) is 11.3 Å². The lowest BCUT2D eigenvalue weighted by Crippen LogP contribution is -2.45. The molecule has 1 N–H and O–H groups in total. The number of ether oxygens (including phenoxy) is 1. The molecule has 6 nitrogen and oxygen atoms in total. The van der Waals surface area contributed by atoms with Crippen LogP contribution in [0.15, 0.2) is 48.5 Å². The number of benzene rings is 2. The molecule has 34 heavy (non-hydrogen) atoms. The fourth-order valence-corrected chi connectivity index (χ4v) is 5.42. The number of para-hydroxylation sites is 1. The number of carbonyl (C=O) groups excluding carboxylic acids is 2. The van der Waals surface area contributed by atoms with Crippen LogP contribution in [0.5, 0.6) is 5.75 Å². The first-order valence-electron chi connectivity index (χ1n) is 12.6. The minimum absolute atomic E-state index is 0.113. The minimum Gasteiger partial charge on any atom is -0.494 e. The molecule has 2 aliphatic rings.